The van der Waals surface area contributed by atoms with Crippen LogP contribution in [0.15, 0.2) is 39.6 Å². The van der Waals surface area contributed by atoms with Crippen molar-refractivity contribution in [2.45, 2.75) is 33.4 Å². The van der Waals surface area contributed by atoms with E-state index in [1.165, 1.54) is 13.1 Å². The molecule has 0 radical (unpaired) electrons. The second-order valence-corrected chi connectivity index (χ2v) is 5.44. The number of hydrogen-bond acceptors (Lipinski definition) is 2. The molecule has 0 fully saturated rings. The molecule has 1 aliphatic carbocycles. The largest absolute Gasteiger partial charge is 0.412 e. The monoisotopic (exact) mass is 306 g/mol. The topological polar surface area (TPSA) is 38.4 Å². The minimum absolute atomic E-state index is 0.199. The number of aliphatic imine (C=N–C) groups is 1. The number of alkyl halides is 3. The van der Waals surface area contributed by atoms with Gasteiger partial charge in [-0.1, -0.05) is 23.3 Å². The molecule has 1 rings (SSSR count). The van der Waals surface area contributed by atoms with Crippen LogP contribution in [0.25, 0.3) is 0 Å². The van der Waals surface area contributed by atoms with Crippen LogP contribution in [-0.2, 0) is 0 Å². The van der Waals surface area contributed by atoms with Crippen LogP contribution in [-0.4, -0.2) is 18.4 Å². The van der Waals surface area contributed by atoms with Crippen molar-refractivity contribution in [3.63, 3.8) is 0 Å². The highest BCUT2D eigenvalue weighted by atomic mass is 35.5. The second kappa shape index (κ2) is 5.64. The Labute approximate surface area is 121 Å². The van der Waals surface area contributed by atoms with Crippen LogP contribution < -0.4 is 5.73 Å². The Hall–Kier alpha value is -1.23. The molecule has 0 saturated heterocycles. The Morgan fingerprint density at radius 3 is 2.35 bits per heavy atom. The van der Waals surface area contributed by atoms with E-state index in [-0.39, 0.29) is 11.6 Å². The van der Waals surface area contributed by atoms with Gasteiger partial charge in [0.15, 0.2) is 0 Å². The average molecular weight is 307 g/mol. The van der Waals surface area contributed by atoms with Crippen molar-refractivity contribution in [3.05, 3.63) is 34.6 Å². The fourth-order valence-electron chi connectivity index (χ4n) is 2.20. The molecule has 2 nitrogen and oxygen atoms in total. The van der Waals surface area contributed by atoms with E-state index in [9.17, 15) is 13.2 Å². The summed E-state index contributed by atoms with van der Waals surface area (Å²) in [5, 5.41) is 0.277. The van der Waals surface area contributed by atoms with E-state index < -0.39 is 17.2 Å². The number of hydrogen-bond donors (Lipinski definition) is 1. The summed E-state index contributed by atoms with van der Waals surface area (Å²) in [6, 6.07) is 0. The van der Waals surface area contributed by atoms with Crippen LogP contribution >= 0.6 is 11.6 Å². The Morgan fingerprint density at radius 1 is 1.35 bits per heavy atom. The van der Waals surface area contributed by atoms with Crippen molar-refractivity contribution in [1.82, 2.24) is 0 Å². The van der Waals surface area contributed by atoms with Gasteiger partial charge in [0, 0.05) is 23.7 Å². The Bertz CT molecular complexity index is 527. The van der Waals surface area contributed by atoms with Gasteiger partial charge < -0.3 is 5.73 Å². The zero-order valence-corrected chi connectivity index (χ0v) is 12.7. The van der Waals surface area contributed by atoms with Gasteiger partial charge in [-0.15, -0.1) is 0 Å². The third kappa shape index (κ3) is 3.08. The predicted octanol–water partition coefficient (Wildman–Crippen LogP) is 4.33. The van der Waals surface area contributed by atoms with Crippen LogP contribution in [0.5, 0.6) is 0 Å². The van der Waals surface area contributed by atoms with E-state index in [1.807, 2.05) is 0 Å². The quantitative estimate of drug-likeness (QED) is 0.758. The zero-order chi connectivity index (χ0) is 15.7. The van der Waals surface area contributed by atoms with Crippen LogP contribution in [0.2, 0.25) is 0 Å². The van der Waals surface area contributed by atoms with E-state index in [4.69, 9.17) is 17.3 Å². The van der Waals surface area contributed by atoms with Crippen molar-refractivity contribution >= 4 is 16.8 Å². The summed E-state index contributed by atoms with van der Waals surface area (Å²) in [7, 11) is 1.53. The Kier molecular flexibility index (Phi) is 4.74. The molecule has 112 valence electrons. The van der Waals surface area contributed by atoms with Crippen LogP contribution in [0.4, 0.5) is 13.2 Å². The maximum absolute atomic E-state index is 12.9. The molecule has 0 saturated carbocycles. The lowest BCUT2D eigenvalue weighted by Gasteiger charge is -2.36. The van der Waals surface area contributed by atoms with Crippen molar-refractivity contribution in [2.24, 2.45) is 16.1 Å². The minimum atomic E-state index is -4.35. The normalized spacial score (nSPS) is 25.9. The van der Waals surface area contributed by atoms with Gasteiger partial charge in [-0.05, 0) is 38.8 Å². The van der Waals surface area contributed by atoms with E-state index >= 15 is 0 Å². The van der Waals surface area contributed by atoms with Crippen LogP contribution in [0.3, 0.4) is 0 Å². The third-order valence-electron chi connectivity index (χ3n) is 3.91. The molecule has 0 aromatic carbocycles. The summed E-state index contributed by atoms with van der Waals surface area (Å²) in [5.41, 5.74) is 6.16. The van der Waals surface area contributed by atoms with Gasteiger partial charge in [-0.3, -0.25) is 4.99 Å². The third-order valence-corrected chi connectivity index (χ3v) is 4.36. The average Bonchev–Trinajstić information content (AvgIpc) is 2.38. The number of rotatable bonds is 2. The lowest BCUT2D eigenvalue weighted by molar-refractivity contribution is -0.0962. The summed E-state index contributed by atoms with van der Waals surface area (Å²) in [6.07, 6.45) is -2.19. The lowest BCUT2D eigenvalue weighted by atomic mass is 9.71. The van der Waals surface area contributed by atoms with Crippen molar-refractivity contribution in [2.75, 3.05) is 7.05 Å². The summed E-state index contributed by atoms with van der Waals surface area (Å²) in [5.74, 6) is 0. The standard InChI is InChI=1S/C14H18ClF3N2/c1-8(12(15)20-4)9(2)13(3)7-10(14(16,17)18)5-6-11(13)19/h5-6H,7,19H2,1-4H3/b9-8+,20-12?. The molecule has 20 heavy (non-hydrogen) atoms. The minimum Gasteiger partial charge on any atom is -0.401 e. The number of allylic oxidation sites excluding steroid dienone is 5. The van der Waals surface area contributed by atoms with Crippen LogP contribution in [0.1, 0.15) is 27.2 Å². The predicted molar refractivity (Wildman–Crippen MR) is 76.7 cm³/mol. The fraction of sp³-hybridized carbons (Fsp3) is 0.500. The van der Waals surface area contributed by atoms with E-state index in [0.29, 0.717) is 16.8 Å². The first-order chi connectivity index (χ1) is 9.04. The summed E-state index contributed by atoms with van der Waals surface area (Å²) < 4.78 is 38.7. The second-order valence-electron chi connectivity index (χ2n) is 5.08. The molecule has 0 aromatic heterocycles. The SMILES string of the molecule is CN=C(Cl)/C(C)=C(\C)C1(C)CC(C(F)(F)F)=CC=C1N. The molecule has 0 aromatic rings. The molecule has 1 aliphatic rings. The number of nitrogens with zero attached hydrogens (tertiary/aromatic N) is 1. The van der Waals surface area contributed by atoms with Gasteiger partial charge in [-0.2, -0.15) is 13.2 Å². The first-order valence-corrected chi connectivity index (χ1v) is 6.46. The van der Waals surface area contributed by atoms with Gasteiger partial charge in [0.2, 0.25) is 0 Å². The Morgan fingerprint density at radius 2 is 1.90 bits per heavy atom. The molecular formula is C14H18ClF3N2. The van der Waals surface area contributed by atoms with Crippen LogP contribution in [0, 0.1) is 5.41 Å². The van der Waals surface area contributed by atoms with Crippen molar-refractivity contribution < 1.29 is 13.2 Å². The molecule has 0 spiro atoms. The highest BCUT2D eigenvalue weighted by Crippen LogP contribution is 2.46. The Balaban J connectivity index is 3.32. The summed E-state index contributed by atoms with van der Waals surface area (Å²) in [4.78, 5) is 3.86. The summed E-state index contributed by atoms with van der Waals surface area (Å²) in [6.45, 7) is 5.16. The molecule has 2 N–H and O–H groups in total. The van der Waals surface area contributed by atoms with E-state index in [1.54, 1.807) is 20.8 Å². The maximum atomic E-state index is 12.9. The van der Waals surface area contributed by atoms with Gasteiger partial charge in [-0.25, -0.2) is 0 Å². The molecule has 6 heteroatoms. The highest BCUT2D eigenvalue weighted by Gasteiger charge is 2.42. The smallest absolute Gasteiger partial charge is 0.401 e. The number of nitrogens with two attached hydrogens (primary N) is 1. The first-order valence-electron chi connectivity index (χ1n) is 6.08. The number of halogens is 4. The van der Waals surface area contributed by atoms with Crippen molar-refractivity contribution in [1.29, 1.82) is 0 Å². The van der Waals surface area contributed by atoms with E-state index in [0.717, 1.165) is 6.08 Å². The zero-order valence-electron chi connectivity index (χ0n) is 11.9. The highest BCUT2D eigenvalue weighted by molar-refractivity contribution is 6.69. The van der Waals surface area contributed by atoms with Gasteiger partial charge in [0.1, 0.15) is 5.17 Å². The summed E-state index contributed by atoms with van der Waals surface area (Å²) >= 11 is 5.96. The molecule has 0 aliphatic heterocycles. The van der Waals surface area contributed by atoms with Crippen molar-refractivity contribution in [3.8, 4) is 0 Å². The molecule has 0 amide bonds. The fourth-order valence-corrected chi connectivity index (χ4v) is 2.34. The van der Waals surface area contributed by atoms with Gasteiger partial charge >= 0.3 is 6.18 Å². The molecule has 1 atom stereocenters. The molecule has 0 bridgehead atoms. The first kappa shape index (κ1) is 16.8. The van der Waals surface area contributed by atoms with Gasteiger partial charge in [0.05, 0.1) is 0 Å². The van der Waals surface area contributed by atoms with Gasteiger partial charge in [0.25, 0.3) is 0 Å². The molecule has 0 heterocycles. The lowest BCUT2D eigenvalue weighted by Crippen LogP contribution is -2.33. The molecule has 1 unspecified atom stereocenters. The van der Waals surface area contributed by atoms with E-state index in [2.05, 4.69) is 4.99 Å². The molecular weight excluding hydrogens is 289 g/mol. The maximum Gasteiger partial charge on any atom is 0.412 e.